The number of H-pyrrole nitrogens is 1. The molecule has 0 saturated carbocycles. The van der Waals surface area contributed by atoms with Gasteiger partial charge in [-0.05, 0) is 38.8 Å². The number of nitrogens with zero attached hydrogens (tertiary/aromatic N) is 5. The van der Waals surface area contributed by atoms with Gasteiger partial charge in [0.1, 0.15) is 11.3 Å². The fourth-order valence-corrected chi connectivity index (χ4v) is 3.49. The molecule has 1 fully saturated rings. The third-order valence-corrected chi connectivity index (χ3v) is 4.99. The summed E-state index contributed by atoms with van der Waals surface area (Å²) in [5.41, 5.74) is 0.755. The Hall–Kier alpha value is -2.74. The van der Waals surface area contributed by atoms with Gasteiger partial charge in [0.05, 0.1) is 30.0 Å². The Morgan fingerprint density at radius 1 is 1.38 bits per heavy atom. The van der Waals surface area contributed by atoms with E-state index in [1.54, 1.807) is 28.0 Å². The first-order valence-electron chi connectivity index (χ1n) is 8.84. The fourth-order valence-electron chi connectivity index (χ4n) is 3.49. The minimum absolute atomic E-state index is 0.105. The van der Waals surface area contributed by atoms with Gasteiger partial charge in [-0.15, -0.1) is 5.10 Å². The number of benzene rings is 1. The number of nitrogens with one attached hydrogen (secondary N) is 1. The van der Waals surface area contributed by atoms with Crippen LogP contribution in [0.2, 0.25) is 0 Å². The Morgan fingerprint density at radius 3 is 3.00 bits per heavy atom. The second-order valence-corrected chi connectivity index (χ2v) is 7.18. The first kappa shape index (κ1) is 16.7. The molecule has 0 spiro atoms. The van der Waals surface area contributed by atoms with Crippen LogP contribution in [-0.4, -0.2) is 54.2 Å². The van der Waals surface area contributed by atoms with Crippen molar-refractivity contribution in [2.45, 2.75) is 38.3 Å². The lowest BCUT2D eigenvalue weighted by atomic mass is 9.89. The normalized spacial score (nSPS) is 20.8. The molecule has 1 unspecified atom stereocenters. The zero-order valence-corrected chi connectivity index (χ0v) is 14.9. The van der Waals surface area contributed by atoms with Gasteiger partial charge in [0.15, 0.2) is 0 Å². The number of carbonyl (C=O) groups is 1. The predicted molar refractivity (Wildman–Crippen MR) is 95.5 cm³/mol. The fraction of sp³-hybridized carbons (Fsp3) is 0.444. The summed E-state index contributed by atoms with van der Waals surface area (Å²) >= 11 is 0. The van der Waals surface area contributed by atoms with Crippen molar-refractivity contribution < 1.29 is 9.90 Å². The van der Waals surface area contributed by atoms with Crippen molar-refractivity contribution in [1.82, 2.24) is 30.1 Å². The molecule has 1 aliphatic rings. The van der Waals surface area contributed by atoms with E-state index < -0.39 is 5.60 Å². The van der Waals surface area contributed by atoms with Crippen LogP contribution in [0.4, 0.5) is 0 Å². The van der Waals surface area contributed by atoms with Gasteiger partial charge < -0.3 is 10.0 Å². The summed E-state index contributed by atoms with van der Waals surface area (Å²) < 4.78 is 1.72. The summed E-state index contributed by atoms with van der Waals surface area (Å²) in [6, 6.07) is 5.68. The number of aliphatic hydroxyl groups is 1. The molecule has 1 aliphatic heterocycles. The van der Waals surface area contributed by atoms with Crippen LogP contribution in [0.15, 0.2) is 30.6 Å². The molecule has 0 radical (unpaired) electrons. The monoisotopic (exact) mass is 354 g/mol. The van der Waals surface area contributed by atoms with Crippen molar-refractivity contribution >= 4 is 16.8 Å². The number of amides is 1. The maximum Gasteiger partial charge on any atom is 0.254 e. The smallest absolute Gasteiger partial charge is 0.254 e. The second-order valence-electron chi connectivity index (χ2n) is 7.18. The summed E-state index contributed by atoms with van der Waals surface area (Å²) in [5, 5.41) is 27.1. The van der Waals surface area contributed by atoms with Gasteiger partial charge in [-0.3, -0.25) is 9.89 Å². The molecule has 0 bridgehead atoms. The Morgan fingerprint density at radius 2 is 2.23 bits per heavy atom. The molecule has 136 valence electrons. The number of rotatable bonds is 3. The van der Waals surface area contributed by atoms with Crippen molar-refractivity contribution in [3.05, 3.63) is 41.9 Å². The molecule has 4 rings (SSSR count). The average Bonchev–Trinajstić information content (AvgIpc) is 3.30. The van der Waals surface area contributed by atoms with E-state index >= 15 is 0 Å². The number of hydrogen-bond acceptors (Lipinski definition) is 5. The number of hydrogen-bond donors (Lipinski definition) is 2. The maximum absolute atomic E-state index is 13.1. The van der Waals surface area contributed by atoms with E-state index in [4.69, 9.17) is 0 Å². The van der Waals surface area contributed by atoms with Gasteiger partial charge >= 0.3 is 0 Å². The highest BCUT2D eigenvalue weighted by molar-refractivity contribution is 6.06. The van der Waals surface area contributed by atoms with Crippen LogP contribution in [-0.2, 0) is 5.60 Å². The summed E-state index contributed by atoms with van der Waals surface area (Å²) in [7, 11) is 0. The maximum atomic E-state index is 13.1. The van der Waals surface area contributed by atoms with Gasteiger partial charge in [-0.2, -0.15) is 5.10 Å². The van der Waals surface area contributed by atoms with E-state index in [0.29, 0.717) is 30.6 Å². The Labute approximate surface area is 150 Å². The first-order chi connectivity index (χ1) is 12.5. The molecule has 2 N–H and O–H groups in total. The third-order valence-electron chi connectivity index (χ3n) is 4.99. The number of likely N-dealkylation sites (tertiary alicyclic amines) is 1. The van der Waals surface area contributed by atoms with Gasteiger partial charge in [-0.1, -0.05) is 11.3 Å². The van der Waals surface area contributed by atoms with Crippen molar-refractivity contribution in [2.75, 3.05) is 13.1 Å². The van der Waals surface area contributed by atoms with Crippen LogP contribution in [0.25, 0.3) is 10.9 Å². The highest BCUT2D eigenvalue weighted by atomic mass is 16.3. The zero-order chi connectivity index (χ0) is 18.3. The summed E-state index contributed by atoms with van der Waals surface area (Å²) in [4.78, 5) is 14.8. The topological polar surface area (TPSA) is 99.9 Å². The molecule has 1 aromatic carbocycles. The summed E-state index contributed by atoms with van der Waals surface area (Å²) in [5.74, 6) is -0.105. The van der Waals surface area contributed by atoms with Gasteiger partial charge in [-0.25, -0.2) is 4.68 Å². The Balaban J connectivity index is 1.61. The van der Waals surface area contributed by atoms with Gasteiger partial charge in [0.2, 0.25) is 0 Å². The molecule has 1 saturated heterocycles. The van der Waals surface area contributed by atoms with Crippen LogP contribution in [0.1, 0.15) is 48.8 Å². The lowest BCUT2D eigenvalue weighted by Gasteiger charge is -2.38. The van der Waals surface area contributed by atoms with Crippen molar-refractivity contribution in [3.8, 4) is 0 Å². The van der Waals surface area contributed by atoms with E-state index in [-0.39, 0.29) is 18.5 Å². The van der Waals surface area contributed by atoms with E-state index in [2.05, 4.69) is 20.5 Å². The number of carbonyl (C=O) groups excluding carboxylic acids is 1. The van der Waals surface area contributed by atoms with E-state index in [0.717, 1.165) is 10.9 Å². The molecule has 0 aliphatic carbocycles. The summed E-state index contributed by atoms with van der Waals surface area (Å²) in [6.07, 6.45) is 4.70. The molecule has 3 heterocycles. The standard InChI is InChI=1S/C18H22N6O2/c1-12(2)24-10-16(21-22-24)18(26)7-4-8-23(11-18)17(25)13-5-3-6-15-14(13)9-19-20-15/h3,5-6,9-10,12,26H,4,7-8,11H2,1-2H3,(H,19,20). The number of piperidine rings is 1. The first-order valence-corrected chi connectivity index (χ1v) is 8.84. The van der Waals surface area contributed by atoms with Crippen LogP contribution < -0.4 is 0 Å². The number of β-amino-alcohol motifs (C(OH)–C–C–N with tert-alkyl or cyclic N) is 1. The summed E-state index contributed by atoms with van der Waals surface area (Å²) in [6.45, 7) is 4.82. The zero-order valence-electron chi connectivity index (χ0n) is 14.9. The van der Waals surface area contributed by atoms with Crippen LogP contribution in [0.3, 0.4) is 0 Å². The second kappa shape index (κ2) is 6.21. The highest BCUT2D eigenvalue weighted by Gasteiger charge is 2.39. The molecule has 8 nitrogen and oxygen atoms in total. The molecule has 2 aromatic heterocycles. The number of fused-ring (bicyclic) bond motifs is 1. The van der Waals surface area contributed by atoms with Crippen molar-refractivity contribution in [2.24, 2.45) is 0 Å². The quantitative estimate of drug-likeness (QED) is 0.748. The molecule has 1 amide bonds. The van der Waals surface area contributed by atoms with Crippen LogP contribution in [0, 0.1) is 0 Å². The molecular formula is C18H22N6O2. The van der Waals surface area contributed by atoms with E-state index in [9.17, 15) is 9.90 Å². The lowest BCUT2D eigenvalue weighted by Crippen LogP contribution is -2.48. The average molecular weight is 354 g/mol. The minimum atomic E-state index is -1.18. The molecule has 26 heavy (non-hydrogen) atoms. The number of aromatic amines is 1. The SMILES string of the molecule is CC(C)n1cc(C2(O)CCCN(C(=O)c3cccc4[nH]ncc34)C2)nn1. The lowest BCUT2D eigenvalue weighted by molar-refractivity contribution is -0.0320. The van der Waals surface area contributed by atoms with Crippen LogP contribution >= 0.6 is 0 Å². The molecular weight excluding hydrogens is 332 g/mol. The molecule has 3 aromatic rings. The van der Waals surface area contributed by atoms with E-state index in [1.807, 2.05) is 26.0 Å². The van der Waals surface area contributed by atoms with Gasteiger partial charge in [0, 0.05) is 18.0 Å². The Kier molecular flexibility index (Phi) is 3.99. The van der Waals surface area contributed by atoms with Crippen molar-refractivity contribution in [1.29, 1.82) is 0 Å². The predicted octanol–water partition coefficient (Wildman–Crippen LogP) is 1.86. The largest absolute Gasteiger partial charge is 0.382 e. The molecule has 8 heteroatoms. The minimum Gasteiger partial charge on any atom is -0.382 e. The Bertz CT molecular complexity index is 946. The molecule has 1 atom stereocenters. The van der Waals surface area contributed by atoms with E-state index in [1.165, 1.54) is 0 Å². The van der Waals surface area contributed by atoms with Gasteiger partial charge in [0.25, 0.3) is 5.91 Å². The third kappa shape index (κ3) is 2.76. The highest BCUT2D eigenvalue weighted by Crippen LogP contribution is 2.31. The number of aromatic nitrogens is 5. The van der Waals surface area contributed by atoms with Crippen LogP contribution in [0.5, 0.6) is 0 Å². The van der Waals surface area contributed by atoms with Crippen molar-refractivity contribution in [3.63, 3.8) is 0 Å².